The molecule has 198 valence electrons. The van der Waals surface area contributed by atoms with Gasteiger partial charge in [0.1, 0.15) is 10.0 Å². The minimum atomic E-state index is -4.93. The highest BCUT2D eigenvalue weighted by molar-refractivity contribution is 7.19. The molecule has 2 heterocycles. The molecule has 4 N–H and O–H groups in total. The Morgan fingerprint density at radius 3 is 1.42 bits per heavy atom. The normalized spacial score (nSPS) is 13.2. The molecule has 4 rings (SSSR count). The number of allylic oxidation sites excluding steroid dienone is 2. The highest BCUT2D eigenvalue weighted by atomic mass is 32.1. The number of thiazole rings is 2. The molecule has 38 heavy (non-hydrogen) atoms. The Hall–Kier alpha value is -4.18. The van der Waals surface area contributed by atoms with Crippen LogP contribution in [0.5, 0.6) is 0 Å². The maximum atomic E-state index is 12.5. The Morgan fingerprint density at radius 1 is 0.711 bits per heavy atom. The minimum absolute atomic E-state index is 0.123. The van der Waals surface area contributed by atoms with Gasteiger partial charge in [-0.2, -0.15) is 26.3 Å². The van der Waals surface area contributed by atoms with Gasteiger partial charge in [-0.3, -0.25) is 9.59 Å². The van der Waals surface area contributed by atoms with Crippen LogP contribution in [-0.2, 0) is 9.59 Å². The predicted octanol–water partition coefficient (Wildman–Crippen LogP) is 6.41. The molecule has 0 fully saturated rings. The van der Waals surface area contributed by atoms with Gasteiger partial charge in [0.05, 0.1) is 20.4 Å². The maximum absolute atomic E-state index is 12.5. The van der Waals surface area contributed by atoms with Gasteiger partial charge >= 0.3 is 24.2 Å². The summed E-state index contributed by atoms with van der Waals surface area (Å²) in [6, 6.07) is 8.32. The molecular formula is C22H12F6N4O4S2. The van der Waals surface area contributed by atoms with E-state index in [1.165, 1.54) is 36.4 Å². The molecule has 16 heteroatoms. The van der Waals surface area contributed by atoms with Gasteiger partial charge in [0.2, 0.25) is 11.5 Å². The first-order chi connectivity index (χ1) is 17.7. The molecule has 0 aliphatic rings. The Labute approximate surface area is 215 Å². The van der Waals surface area contributed by atoms with Crippen LogP contribution in [0.15, 0.2) is 47.9 Å². The number of alkyl halides is 6. The molecule has 0 atom stereocenters. The van der Waals surface area contributed by atoms with E-state index in [1.807, 2.05) is 0 Å². The van der Waals surface area contributed by atoms with E-state index in [9.17, 15) is 35.9 Å². The van der Waals surface area contributed by atoms with E-state index >= 15 is 0 Å². The summed E-state index contributed by atoms with van der Waals surface area (Å²) in [7, 11) is 0. The zero-order valence-electron chi connectivity index (χ0n) is 18.3. The number of anilines is 2. The number of carbonyl (C=O) groups is 2. The maximum Gasteiger partial charge on any atom is 0.448 e. The summed E-state index contributed by atoms with van der Waals surface area (Å²) >= 11 is 1.63. The van der Waals surface area contributed by atoms with Crippen LogP contribution in [-0.4, -0.2) is 44.3 Å². The topological polar surface area (TPSA) is 124 Å². The minimum Gasteiger partial charge on any atom is -0.504 e. The van der Waals surface area contributed by atoms with E-state index < -0.39 is 35.7 Å². The number of hydrogen-bond donors (Lipinski definition) is 4. The summed E-state index contributed by atoms with van der Waals surface area (Å²) in [5, 5.41) is 22.6. The van der Waals surface area contributed by atoms with Crippen LogP contribution >= 0.6 is 22.7 Å². The van der Waals surface area contributed by atoms with Crippen LogP contribution in [0.4, 0.5) is 37.7 Å². The van der Waals surface area contributed by atoms with Crippen molar-refractivity contribution in [1.29, 1.82) is 0 Å². The number of nitrogens with one attached hydrogen (secondary N) is 2. The van der Waals surface area contributed by atoms with Crippen LogP contribution in [0.1, 0.15) is 10.0 Å². The molecule has 2 aromatic heterocycles. The number of aliphatic hydroxyl groups excluding tert-OH is 2. The van der Waals surface area contributed by atoms with Crippen LogP contribution in [0.2, 0.25) is 0 Å². The third kappa shape index (κ3) is 6.20. The summed E-state index contributed by atoms with van der Waals surface area (Å²) in [5.74, 6) is -5.78. The lowest BCUT2D eigenvalue weighted by Crippen LogP contribution is -2.29. The van der Waals surface area contributed by atoms with E-state index in [1.54, 1.807) is 0 Å². The Morgan fingerprint density at radius 2 is 1.08 bits per heavy atom. The third-order valence-corrected chi connectivity index (χ3v) is 6.56. The van der Waals surface area contributed by atoms with Gasteiger partial charge in [0.15, 0.2) is 0 Å². The molecule has 0 bridgehead atoms. The van der Waals surface area contributed by atoms with Gasteiger partial charge in [0, 0.05) is 23.5 Å². The molecule has 0 unspecified atom stereocenters. The molecular weight excluding hydrogens is 562 g/mol. The largest absolute Gasteiger partial charge is 0.504 e. The third-order valence-electron chi connectivity index (χ3n) is 4.63. The molecule has 4 aromatic rings. The SMILES string of the molecule is O=C(Nc1ccc2nc(C=C(O)C(F)(F)F)sc2c1)C(=O)Nc1ccc2nc(/C=C(\O)C(F)(F)F)sc2c1. The first-order valence-corrected chi connectivity index (χ1v) is 11.7. The number of carbonyl (C=O) groups excluding carboxylic acids is 2. The van der Waals surface area contributed by atoms with Crippen molar-refractivity contribution >= 4 is 78.4 Å². The molecule has 0 aliphatic carbocycles. The summed E-state index contributed by atoms with van der Waals surface area (Å²) in [6.45, 7) is 0. The van der Waals surface area contributed by atoms with Gasteiger partial charge in [-0.1, -0.05) is 0 Å². The van der Waals surface area contributed by atoms with E-state index in [2.05, 4.69) is 20.6 Å². The lowest BCUT2D eigenvalue weighted by Gasteiger charge is -2.06. The molecule has 0 radical (unpaired) electrons. The monoisotopic (exact) mass is 574 g/mol. The van der Waals surface area contributed by atoms with Crippen molar-refractivity contribution in [3.63, 3.8) is 0 Å². The molecule has 2 aromatic carbocycles. The summed E-state index contributed by atoms with van der Waals surface area (Å²) < 4.78 is 75.8. The number of rotatable bonds is 4. The Kier molecular flexibility index (Phi) is 7.03. The van der Waals surface area contributed by atoms with Gasteiger partial charge in [0.25, 0.3) is 0 Å². The number of fused-ring (bicyclic) bond motifs is 2. The van der Waals surface area contributed by atoms with Crippen molar-refractivity contribution in [2.75, 3.05) is 10.6 Å². The fourth-order valence-corrected chi connectivity index (χ4v) is 4.83. The van der Waals surface area contributed by atoms with Crippen molar-refractivity contribution in [3.05, 3.63) is 57.9 Å². The zero-order valence-corrected chi connectivity index (χ0v) is 19.9. The van der Waals surface area contributed by atoms with Crippen molar-refractivity contribution in [2.24, 2.45) is 0 Å². The van der Waals surface area contributed by atoms with Gasteiger partial charge in [-0.25, -0.2) is 9.97 Å². The van der Waals surface area contributed by atoms with Gasteiger partial charge < -0.3 is 20.8 Å². The summed E-state index contributed by atoms with van der Waals surface area (Å²) in [6.07, 6.45) is -8.92. The first-order valence-electron chi connectivity index (χ1n) is 10.1. The average molecular weight is 574 g/mol. The number of nitrogens with zero attached hydrogens (tertiary/aromatic N) is 2. The predicted molar refractivity (Wildman–Crippen MR) is 130 cm³/mol. The van der Waals surface area contributed by atoms with Crippen molar-refractivity contribution in [3.8, 4) is 0 Å². The summed E-state index contributed by atoms with van der Waals surface area (Å²) in [4.78, 5) is 32.6. The van der Waals surface area contributed by atoms with E-state index in [0.717, 1.165) is 22.7 Å². The Balaban J connectivity index is 1.45. The first kappa shape index (κ1) is 26.9. The quantitative estimate of drug-likeness (QED) is 0.127. The van der Waals surface area contributed by atoms with Crippen LogP contribution in [0.25, 0.3) is 32.6 Å². The summed E-state index contributed by atoms with van der Waals surface area (Å²) in [5.41, 5.74) is 0.898. The molecule has 0 aliphatic heterocycles. The van der Waals surface area contributed by atoms with Crippen molar-refractivity contribution < 1.29 is 46.1 Å². The number of benzene rings is 2. The average Bonchev–Trinajstić information content (AvgIpc) is 3.39. The highest BCUT2D eigenvalue weighted by Gasteiger charge is 2.34. The number of amides is 2. The standard InChI is InChI=1S/C22H12F6N4O4S2/c23-21(24,25)15(33)7-17-31-11-3-1-9(5-13(11)37-17)29-19(35)20(36)30-10-2-4-12-14(6-10)38-18(32-12)8-16(34)22(26,27)28/h1-8,33-34H,(H,29,35)(H,30,36)/b15-7-,16-8?. The van der Waals surface area contributed by atoms with Crippen LogP contribution in [0.3, 0.4) is 0 Å². The molecule has 0 saturated heterocycles. The van der Waals surface area contributed by atoms with Crippen molar-refractivity contribution in [1.82, 2.24) is 9.97 Å². The Bertz CT molecular complexity index is 1500. The molecule has 0 spiro atoms. The highest BCUT2D eigenvalue weighted by Crippen LogP contribution is 2.31. The lowest BCUT2D eigenvalue weighted by molar-refractivity contribution is -0.132. The van der Waals surface area contributed by atoms with E-state index in [0.29, 0.717) is 32.6 Å². The zero-order chi connectivity index (χ0) is 27.8. The fraction of sp³-hybridized carbons (Fsp3) is 0.0909. The van der Waals surface area contributed by atoms with Crippen LogP contribution in [0, 0.1) is 0 Å². The molecule has 2 amide bonds. The van der Waals surface area contributed by atoms with Gasteiger partial charge in [-0.05, 0) is 36.4 Å². The lowest BCUT2D eigenvalue weighted by atomic mass is 10.3. The number of aliphatic hydroxyl groups is 2. The second kappa shape index (κ2) is 9.94. The van der Waals surface area contributed by atoms with E-state index in [-0.39, 0.29) is 21.4 Å². The molecule has 0 saturated carbocycles. The van der Waals surface area contributed by atoms with Gasteiger partial charge in [-0.15, -0.1) is 22.7 Å². The number of halogens is 6. The molecule has 8 nitrogen and oxygen atoms in total. The van der Waals surface area contributed by atoms with E-state index in [4.69, 9.17) is 10.2 Å². The van der Waals surface area contributed by atoms with Crippen LogP contribution < -0.4 is 10.6 Å². The second-order valence-corrected chi connectivity index (χ2v) is 9.56. The number of aromatic nitrogens is 2. The second-order valence-electron chi connectivity index (χ2n) is 7.43. The number of hydrogen-bond acceptors (Lipinski definition) is 8. The van der Waals surface area contributed by atoms with Crippen molar-refractivity contribution in [2.45, 2.75) is 12.4 Å². The fourth-order valence-electron chi connectivity index (χ4n) is 2.94. The smallest absolute Gasteiger partial charge is 0.448 e.